The van der Waals surface area contributed by atoms with Crippen molar-refractivity contribution in [2.75, 3.05) is 38.8 Å². The number of nitrogens with two attached hydrogens (primary N) is 1. The van der Waals surface area contributed by atoms with Crippen molar-refractivity contribution in [3.8, 4) is 28.7 Å². The van der Waals surface area contributed by atoms with Crippen LogP contribution in [0.5, 0.6) is 28.7 Å². The molecular formula is C38H41N7O16S3. The Bertz CT molecular complexity index is 2970. The quantitative estimate of drug-likeness (QED) is 0.0152. The Balaban J connectivity index is 1.52. The molecule has 5 rings (SSSR count). The van der Waals surface area contributed by atoms with Gasteiger partial charge in [0.05, 0.1) is 41.5 Å². The van der Waals surface area contributed by atoms with Gasteiger partial charge < -0.3 is 40.4 Å². The first-order valence-corrected chi connectivity index (χ1v) is 23.1. The molecule has 26 heteroatoms. The summed E-state index contributed by atoms with van der Waals surface area (Å²) in [5, 5.41) is 63.4. The zero-order chi connectivity index (χ0) is 46.8. The predicted octanol–water partition coefficient (Wildman–Crippen LogP) is 7.52. The van der Waals surface area contributed by atoms with Gasteiger partial charge >= 0.3 is 0 Å². The second-order valence-corrected chi connectivity index (χ2v) is 17.6. The Morgan fingerprint density at radius 1 is 0.578 bits per heavy atom. The number of nitrogen functional groups attached to an aromatic ring is 1. The van der Waals surface area contributed by atoms with Crippen molar-refractivity contribution in [2.24, 2.45) is 30.7 Å². The van der Waals surface area contributed by atoms with Gasteiger partial charge in [0, 0.05) is 24.3 Å². The minimum atomic E-state index is -5.27. The van der Waals surface area contributed by atoms with Gasteiger partial charge in [-0.25, -0.2) is 0 Å². The van der Waals surface area contributed by atoms with Crippen LogP contribution in [0.1, 0.15) is 32.6 Å². The van der Waals surface area contributed by atoms with Crippen molar-refractivity contribution in [3.05, 3.63) is 66.7 Å². The fourth-order valence-electron chi connectivity index (χ4n) is 5.73. The Kier molecular flexibility index (Phi) is 15.9. The lowest BCUT2D eigenvalue weighted by molar-refractivity contribution is 0.198. The van der Waals surface area contributed by atoms with E-state index < -0.39 is 91.9 Å². The molecule has 0 aromatic heterocycles. The summed E-state index contributed by atoms with van der Waals surface area (Å²) in [5.74, 6) is -2.02. The van der Waals surface area contributed by atoms with Crippen molar-refractivity contribution in [3.63, 3.8) is 0 Å². The van der Waals surface area contributed by atoms with Gasteiger partial charge in [0.1, 0.15) is 74.4 Å². The normalized spacial score (nSPS) is 12.5. The maximum Gasteiger partial charge on any atom is 0.296 e. The lowest BCUT2D eigenvalue weighted by Crippen LogP contribution is -2.04. The standard InChI is InChI=1S/C38H41N7O16S3/c1-2-3-4-5-12-59-24-7-9-27(26(39)18-24)41-40-23-6-8-28(34(17-23)63(53,54)55)42-43-29-20-33(61-14-11-47)30(21-32(29)60-13-10-46)44-45-37-35(64(56,57)58)16-22-15-25(62(50,51)52)19-31(48)36(22)38(37)49/h6-9,15-21,46-49H,2-5,10-14,39H2,1H3,(H,50,51,52)(H,53,54,55)(H,56,57,58). The number of benzene rings is 5. The summed E-state index contributed by atoms with van der Waals surface area (Å²) < 4.78 is 120. The van der Waals surface area contributed by atoms with Gasteiger partial charge in [0.25, 0.3) is 30.4 Å². The Morgan fingerprint density at radius 3 is 1.75 bits per heavy atom. The summed E-state index contributed by atoms with van der Waals surface area (Å²) in [4.78, 5) is -2.73. The molecule has 0 heterocycles. The Morgan fingerprint density at radius 2 is 1.17 bits per heavy atom. The topological polar surface area (TPSA) is 372 Å². The minimum absolute atomic E-state index is 0.0312. The summed E-state index contributed by atoms with van der Waals surface area (Å²) in [5.41, 5.74) is 4.68. The number of nitrogens with zero attached hydrogens (tertiary/aromatic N) is 6. The molecule has 5 aromatic carbocycles. The van der Waals surface area contributed by atoms with E-state index >= 15 is 0 Å². The van der Waals surface area contributed by atoms with E-state index in [1.807, 2.05) is 0 Å². The first-order valence-electron chi connectivity index (χ1n) is 18.8. The highest BCUT2D eigenvalue weighted by atomic mass is 32.2. The number of ether oxygens (including phenoxy) is 3. The maximum atomic E-state index is 12.5. The summed E-state index contributed by atoms with van der Waals surface area (Å²) >= 11 is 0. The highest BCUT2D eigenvalue weighted by Crippen LogP contribution is 2.47. The fourth-order valence-corrected chi connectivity index (χ4v) is 7.56. The maximum absolute atomic E-state index is 12.5. The molecule has 0 unspecified atom stereocenters. The van der Waals surface area contributed by atoms with Crippen LogP contribution < -0.4 is 19.9 Å². The minimum Gasteiger partial charge on any atom is -0.507 e. The molecule has 0 aliphatic rings. The van der Waals surface area contributed by atoms with Crippen LogP contribution in [0, 0.1) is 0 Å². The average Bonchev–Trinajstić information content (AvgIpc) is 3.22. The highest BCUT2D eigenvalue weighted by Gasteiger charge is 2.26. The van der Waals surface area contributed by atoms with Crippen LogP contribution in [0.25, 0.3) is 10.8 Å². The van der Waals surface area contributed by atoms with Crippen molar-refractivity contribution in [1.82, 2.24) is 0 Å². The van der Waals surface area contributed by atoms with E-state index in [4.69, 9.17) is 19.9 Å². The van der Waals surface area contributed by atoms with E-state index in [9.17, 15) is 59.3 Å². The van der Waals surface area contributed by atoms with Crippen LogP contribution in [0.3, 0.4) is 0 Å². The Hall–Kier alpha value is -6.39. The SMILES string of the molecule is CCCCCCOc1ccc(N=Nc2ccc(N=Nc3cc(OCCO)c(N=Nc4c(S(=O)(=O)O)cc5cc(S(=O)(=O)O)cc(O)c5c4O)cc3OCCO)c(S(=O)(=O)O)c2)c(N)c1. The van der Waals surface area contributed by atoms with E-state index in [1.54, 1.807) is 18.2 Å². The number of aliphatic hydroxyl groups is 2. The van der Waals surface area contributed by atoms with Crippen molar-refractivity contribution >= 4 is 80.9 Å². The number of aliphatic hydroxyl groups excluding tert-OH is 2. The van der Waals surface area contributed by atoms with Crippen molar-refractivity contribution in [1.29, 1.82) is 0 Å². The van der Waals surface area contributed by atoms with Crippen molar-refractivity contribution in [2.45, 2.75) is 47.3 Å². The molecular weight excluding hydrogens is 907 g/mol. The van der Waals surface area contributed by atoms with Crippen LogP contribution >= 0.6 is 0 Å². The molecule has 0 aliphatic heterocycles. The molecule has 0 saturated heterocycles. The van der Waals surface area contributed by atoms with Crippen LogP contribution in [-0.2, 0) is 30.4 Å². The third-order valence-electron chi connectivity index (χ3n) is 8.70. The molecule has 9 N–H and O–H groups in total. The lowest BCUT2D eigenvalue weighted by atomic mass is 10.1. The molecule has 342 valence electrons. The number of phenols is 2. The number of phenolic OH excluding ortho intramolecular Hbond substituents is 2. The van der Waals surface area contributed by atoms with E-state index in [1.165, 1.54) is 6.07 Å². The fraction of sp³-hybridized carbons (Fsp3) is 0.263. The van der Waals surface area contributed by atoms with Crippen molar-refractivity contribution < 1.29 is 73.5 Å². The van der Waals surface area contributed by atoms with Gasteiger partial charge in [-0.2, -0.15) is 30.4 Å². The van der Waals surface area contributed by atoms with E-state index in [0.29, 0.717) is 30.6 Å². The summed E-state index contributed by atoms with van der Waals surface area (Å²) in [6.45, 7) is 0.784. The smallest absolute Gasteiger partial charge is 0.296 e. The number of anilines is 1. The van der Waals surface area contributed by atoms with E-state index in [0.717, 1.165) is 49.9 Å². The number of hydrogen-bond donors (Lipinski definition) is 8. The van der Waals surface area contributed by atoms with Gasteiger partial charge in [0.15, 0.2) is 5.75 Å². The average molecular weight is 948 g/mol. The zero-order valence-corrected chi connectivity index (χ0v) is 36.0. The predicted molar refractivity (Wildman–Crippen MR) is 228 cm³/mol. The second kappa shape index (κ2) is 20.9. The monoisotopic (exact) mass is 947 g/mol. The number of aromatic hydroxyl groups is 2. The second-order valence-electron chi connectivity index (χ2n) is 13.4. The molecule has 0 radical (unpaired) electrons. The number of fused-ring (bicyclic) bond motifs is 1. The first-order chi connectivity index (χ1) is 30.2. The molecule has 0 amide bonds. The Labute approximate surface area is 365 Å². The molecule has 0 spiro atoms. The third-order valence-corrected chi connectivity index (χ3v) is 11.3. The van der Waals surface area contributed by atoms with Gasteiger partial charge in [-0.05, 0) is 54.3 Å². The third kappa shape index (κ3) is 12.4. The number of unbranched alkanes of at least 4 members (excludes halogenated alkanes) is 3. The molecule has 0 bridgehead atoms. The van der Waals surface area contributed by atoms with Gasteiger partial charge in [-0.1, -0.05) is 26.2 Å². The zero-order valence-electron chi connectivity index (χ0n) is 33.5. The molecule has 0 fully saturated rings. The van der Waals surface area contributed by atoms with Gasteiger partial charge in [-0.3, -0.25) is 13.7 Å². The van der Waals surface area contributed by atoms with E-state index in [-0.39, 0.29) is 53.1 Å². The van der Waals surface area contributed by atoms with Gasteiger partial charge in [0.2, 0.25) is 0 Å². The molecule has 5 aromatic rings. The number of hydrogen-bond acceptors (Lipinski definition) is 20. The summed E-state index contributed by atoms with van der Waals surface area (Å²) in [6, 6.07) is 12.3. The van der Waals surface area contributed by atoms with Crippen LogP contribution in [0.15, 0.2) is 112 Å². The van der Waals surface area contributed by atoms with Gasteiger partial charge in [-0.15, -0.1) is 25.6 Å². The molecule has 0 aliphatic carbocycles. The lowest BCUT2D eigenvalue weighted by Gasteiger charge is -2.13. The largest absolute Gasteiger partial charge is 0.507 e. The van der Waals surface area contributed by atoms with E-state index in [2.05, 4.69) is 37.6 Å². The van der Waals surface area contributed by atoms with Crippen LogP contribution in [0.2, 0.25) is 0 Å². The number of azo groups is 3. The van der Waals surface area contributed by atoms with Crippen LogP contribution in [-0.4, -0.2) is 92.4 Å². The molecule has 64 heavy (non-hydrogen) atoms. The molecule has 0 atom stereocenters. The molecule has 0 saturated carbocycles. The summed E-state index contributed by atoms with van der Waals surface area (Å²) in [6.07, 6.45) is 4.11. The van der Waals surface area contributed by atoms with Crippen LogP contribution in [0.4, 0.5) is 39.8 Å². The summed E-state index contributed by atoms with van der Waals surface area (Å²) in [7, 11) is -15.2. The number of rotatable bonds is 21. The highest BCUT2D eigenvalue weighted by molar-refractivity contribution is 7.86. The first kappa shape index (κ1) is 48.6. The molecule has 23 nitrogen and oxygen atoms in total.